The first-order valence-electron chi connectivity index (χ1n) is 12.4. The summed E-state index contributed by atoms with van der Waals surface area (Å²) in [4.78, 5) is 23.3. The molecule has 0 bridgehead atoms. The van der Waals surface area contributed by atoms with Gasteiger partial charge in [-0.1, -0.05) is 6.07 Å². The number of H-pyrrole nitrogens is 2. The Hall–Kier alpha value is -4.71. The lowest BCUT2D eigenvalue weighted by Gasteiger charge is -2.12. The molecule has 0 fully saturated rings. The maximum absolute atomic E-state index is 14.6. The highest BCUT2D eigenvalue weighted by atomic mass is 32.2. The molecule has 0 atom stereocenters. The van der Waals surface area contributed by atoms with Gasteiger partial charge in [-0.3, -0.25) is 15.1 Å². The molecule has 0 saturated heterocycles. The van der Waals surface area contributed by atoms with E-state index in [1.807, 2.05) is 31.1 Å². The van der Waals surface area contributed by atoms with Crippen molar-refractivity contribution in [1.82, 2.24) is 35.1 Å². The van der Waals surface area contributed by atoms with Crippen molar-refractivity contribution in [1.29, 1.82) is 0 Å². The van der Waals surface area contributed by atoms with E-state index in [4.69, 9.17) is 4.98 Å². The first-order valence-corrected chi connectivity index (χ1v) is 14.5. The van der Waals surface area contributed by atoms with E-state index in [2.05, 4.69) is 30.1 Å². The first kappa shape index (κ1) is 25.6. The molecule has 6 aromatic rings. The summed E-state index contributed by atoms with van der Waals surface area (Å²) in [6, 6.07) is 8.55. The molecule has 6 rings (SSSR count). The van der Waals surface area contributed by atoms with Crippen LogP contribution >= 0.6 is 0 Å². The van der Waals surface area contributed by atoms with Gasteiger partial charge in [0.1, 0.15) is 21.3 Å². The Balaban J connectivity index is 1.42. The Kier molecular flexibility index (Phi) is 6.26. The smallest absolute Gasteiger partial charge is 0.181 e. The van der Waals surface area contributed by atoms with Gasteiger partial charge in [0.05, 0.1) is 40.3 Å². The monoisotopic (exact) mass is 556 g/mol. The molecular formula is C28H25FN8O2S. The molecule has 0 saturated carbocycles. The van der Waals surface area contributed by atoms with E-state index >= 15 is 0 Å². The molecule has 202 valence electrons. The molecule has 0 amide bonds. The number of hydrogen-bond donors (Lipinski definition) is 2. The summed E-state index contributed by atoms with van der Waals surface area (Å²) in [7, 11) is 0.733. The summed E-state index contributed by atoms with van der Waals surface area (Å²) in [5.41, 5.74) is 6.97. The Bertz CT molecular complexity index is 2000. The zero-order valence-electron chi connectivity index (χ0n) is 22.0. The highest BCUT2D eigenvalue weighted by Gasteiger charge is 2.17. The number of pyridine rings is 3. The molecule has 0 aliphatic heterocycles. The predicted octanol–water partition coefficient (Wildman–Crippen LogP) is 4.42. The van der Waals surface area contributed by atoms with Crippen LogP contribution in [-0.4, -0.2) is 69.6 Å². The molecule has 12 heteroatoms. The number of hydrogen-bond acceptors (Lipinski definition) is 8. The predicted molar refractivity (Wildman–Crippen MR) is 153 cm³/mol. The van der Waals surface area contributed by atoms with Crippen LogP contribution in [0.5, 0.6) is 0 Å². The molecule has 0 aliphatic carbocycles. The molecule has 0 unspecified atom stereocenters. The van der Waals surface area contributed by atoms with Gasteiger partial charge in [0.2, 0.25) is 0 Å². The van der Waals surface area contributed by atoms with Crippen LogP contribution in [0.2, 0.25) is 0 Å². The number of anilines is 1. The van der Waals surface area contributed by atoms with Gasteiger partial charge < -0.3 is 9.88 Å². The van der Waals surface area contributed by atoms with E-state index < -0.39 is 15.7 Å². The second-order valence-corrected chi connectivity index (χ2v) is 12.2. The Morgan fingerprint density at radius 3 is 2.52 bits per heavy atom. The normalized spacial score (nSPS) is 11.9. The van der Waals surface area contributed by atoms with Crippen molar-refractivity contribution in [3.8, 4) is 33.8 Å². The molecule has 5 aromatic heterocycles. The maximum atomic E-state index is 14.6. The van der Waals surface area contributed by atoms with Crippen LogP contribution in [0.1, 0.15) is 5.56 Å². The summed E-state index contributed by atoms with van der Waals surface area (Å²) >= 11 is 0. The average Bonchev–Trinajstić information content (AvgIpc) is 3.55. The lowest BCUT2D eigenvalue weighted by Crippen LogP contribution is -2.08. The van der Waals surface area contributed by atoms with Crippen molar-refractivity contribution in [2.24, 2.45) is 0 Å². The van der Waals surface area contributed by atoms with Crippen molar-refractivity contribution in [2.45, 2.75) is 6.42 Å². The number of halogens is 1. The average molecular weight is 557 g/mol. The van der Waals surface area contributed by atoms with Crippen LogP contribution in [0, 0.1) is 5.82 Å². The Labute approximate surface area is 229 Å². The van der Waals surface area contributed by atoms with Gasteiger partial charge in [0.25, 0.3) is 0 Å². The minimum atomic E-state index is -3.19. The van der Waals surface area contributed by atoms with Gasteiger partial charge >= 0.3 is 0 Å². The molecule has 10 nitrogen and oxygen atoms in total. The summed E-state index contributed by atoms with van der Waals surface area (Å²) in [5.74, 6) is 0.00267. The van der Waals surface area contributed by atoms with Crippen LogP contribution in [0.3, 0.4) is 0 Å². The third-order valence-corrected chi connectivity index (χ3v) is 7.59. The summed E-state index contributed by atoms with van der Waals surface area (Å²) in [5, 5.41) is 8.17. The van der Waals surface area contributed by atoms with Gasteiger partial charge in [0, 0.05) is 55.6 Å². The summed E-state index contributed by atoms with van der Waals surface area (Å²) < 4.78 is 37.8. The number of aromatic amines is 2. The molecule has 0 radical (unpaired) electrons. The van der Waals surface area contributed by atoms with Gasteiger partial charge in [-0.15, -0.1) is 0 Å². The molecule has 40 heavy (non-hydrogen) atoms. The van der Waals surface area contributed by atoms with Gasteiger partial charge in [-0.2, -0.15) is 5.10 Å². The zero-order chi connectivity index (χ0) is 28.0. The number of aromatic nitrogens is 7. The van der Waals surface area contributed by atoms with Gasteiger partial charge in [-0.05, 0) is 41.8 Å². The number of rotatable bonds is 7. The lowest BCUT2D eigenvalue weighted by atomic mass is 10.0. The number of benzene rings is 1. The van der Waals surface area contributed by atoms with Gasteiger partial charge in [0.15, 0.2) is 11.5 Å². The third-order valence-electron chi connectivity index (χ3n) is 6.64. The second kappa shape index (κ2) is 9.79. The van der Waals surface area contributed by atoms with E-state index in [-0.39, 0.29) is 12.2 Å². The largest absolute Gasteiger partial charge is 0.376 e. The maximum Gasteiger partial charge on any atom is 0.181 e. The minimum absolute atomic E-state index is 0.0662. The fourth-order valence-corrected chi connectivity index (χ4v) is 5.19. The van der Waals surface area contributed by atoms with Crippen LogP contribution in [0.15, 0.2) is 61.3 Å². The third kappa shape index (κ3) is 5.00. The topological polar surface area (TPSA) is 133 Å². The summed E-state index contributed by atoms with van der Waals surface area (Å²) in [6.45, 7) is 0. The van der Waals surface area contributed by atoms with Crippen molar-refractivity contribution in [3.63, 3.8) is 0 Å². The SMILES string of the molecule is CN(C)c1cncc(-c2cnc3n[nH]c(-c4nc5c(-c6cc(F)cc(CCS(C)(=O)=O)c6)cncc5[nH]4)c3c2)c1. The standard InChI is InChI=1S/C28H25FN8O2S/c1-37(2)21-9-18(11-30-13-21)19-10-22-26(35-36-27(22)32-12-19)28-33-24-15-31-14-23(25(24)34-28)17-6-16(7-20(29)8-17)4-5-40(3,38)39/h6-15H,4-5H2,1-3H3,(H,33,34)(H,32,35,36). The van der Waals surface area contributed by atoms with E-state index in [0.29, 0.717) is 44.9 Å². The van der Waals surface area contributed by atoms with Crippen molar-refractivity contribution >= 4 is 37.6 Å². The van der Waals surface area contributed by atoms with Gasteiger partial charge in [-0.25, -0.2) is 22.8 Å². The molecular weight excluding hydrogens is 531 g/mol. The van der Waals surface area contributed by atoms with E-state index in [0.717, 1.165) is 22.2 Å². The number of nitrogens with one attached hydrogen (secondary N) is 2. The first-order chi connectivity index (χ1) is 19.1. The molecule has 1 aromatic carbocycles. The number of fused-ring (bicyclic) bond motifs is 2. The number of nitrogens with zero attached hydrogens (tertiary/aromatic N) is 6. The molecule has 0 aliphatic rings. The van der Waals surface area contributed by atoms with Crippen LogP contribution < -0.4 is 4.90 Å². The number of aryl methyl sites for hydroxylation is 1. The van der Waals surface area contributed by atoms with Crippen molar-refractivity contribution in [2.75, 3.05) is 31.0 Å². The van der Waals surface area contributed by atoms with Crippen LogP contribution in [0.25, 0.3) is 55.8 Å². The minimum Gasteiger partial charge on any atom is -0.376 e. The molecule has 5 heterocycles. The lowest BCUT2D eigenvalue weighted by molar-refractivity contribution is 0.600. The fraction of sp³-hybridized carbons (Fsp3) is 0.179. The molecule has 0 spiro atoms. The van der Waals surface area contributed by atoms with E-state index in [9.17, 15) is 12.8 Å². The van der Waals surface area contributed by atoms with E-state index in [1.165, 1.54) is 18.4 Å². The van der Waals surface area contributed by atoms with Crippen LogP contribution in [-0.2, 0) is 16.3 Å². The van der Waals surface area contributed by atoms with Crippen molar-refractivity contribution in [3.05, 3.63) is 72.7 Å². The Morgan fingerprint density at radius 2 is 1.73 bits per heavy atom. The van der Waals surface area contributed by atoms with E-state index in [1.54, 1.807) is 37.1 Å². The Morgan fingerprint density at radius 1 is 0.925 bits per heavy atom. The van der Waals surface area contributed by atoms with Crippen molar-refractivity contribution < 1.29 is 12.8 Å². The second-order valence-electron chi connectivity index (χ2n) is 9.92. The number of sulfone groups is 1. The fourth-order valence-electron chi connectivity index (χ4n) is 4.58. The highest BCUT2D eigenvalue weighted by Crippen LogP contribution is 2.33. The zero-order valence-corrected chi connectivity index (χ0v) is 22.8. The summed E-state index contributed by atoms with van der Waals surface area (Å²) in [6.07, 6.45) is 10.00. The highest BCUT2D eigenvalue weighted by molar-refractivity contribution is 7.90. The van der Waals surface area contributed by atoms with Crippen LogP contribution in [0.4, 0.5) is 10.1 Å². The quantitative estimate of drug-likeness (QED) is 0.295. The molecule has 2 N–H and O–H groups in total. The number of imidazole rings is 1.